The molecule has 0 atom stereocenters. The summed E-state index contributed by atoms with van der Waals surface area (Å²) in [5.74, 6) is 1.00. The molecular formula is C20H16O. The molecule has 0 spiro atoms. The monoisotopic (exact) mass is 272 g/mol. The third kappa shape index (κ3) is 1.85. The van der Waals surface area contributed by atoms with E-state index in [0.717, 1.165) is 23.3 Å². The Bertz CT molecular complexity index is 917. The number of hydrogen-bond acceptors (Lipinski definition) is 1. The quantitative estimate of drug-likeness (QED) is 0.448. The maximum Gasteiger partial charge on any atom is 0.142 e. The number of benzene rings is 3. The van der Waals surface area contributed by atoms with Crippen LogP contribution in [0, 0.1) is 0 Å². The summed E-state index contributed by atoms with van der Waals surface area (Å²) < 4.78 is 6.29. The summed E-state index contributed by atoms with van der Waals surface area (Å²) in [6.45, 7) is 2.19. The van der Waals surface area contributed by atoms with Crippen molar-refractivity contribution in [2.24, 2.45) is 0 Å². The van der Waals surface area contributed by atoms with Gasteiger partial charge in [-0.25, -0.2) is 0 Å². The van der Waals surface area contributed by atoms with Gasteiger partial charge < -0.3 is 4.42 Å². The normalized spacial score (nSPS) is 11.3. The van der Waals surface area contributed by atoms with E-state index in [-0.39, 0.29) is 0 Å². The van der Waals surface area contributed by atoms with E-state index in [2.05, 4.69) is 67.6 Å². The highest BCUT2D eigenvalue weighted by atomic mass is 16.3. The van der Waals surface area contributed by atoms with Crippen LogP contribution >= 0.6 is 0 Å². The molecule has 0 aliphatic rings. The van der Waals surface area contributed by atoms with Crippen molar-refractivity contribution in [3.63, 3.8) is 0 Å². The SMILES string of the molecule is CCc1c(-c2ccccc2)oc2c1ccc1ccccc12. The molecule has 4 rings (SSSR count). The average molecular weight is 272 g/mol. The molecule has 4 aromatic rings. The highest BCUT2D eigenvalue weighted by molar-refractivity contribution is 6.07. The third-order valence-corrected chi connectivity index (χ3v) is 4.07. The van der Waals surface area contributed by atoms with Crippen LogP contribution in [0.1, 0.15) is 12.5 Å². The van der Waals surface area contributed by atoms with Crippen LogP contribution in [0.15, 0.2) is 71.1 Å². The minimum absolute atomic E-state index is 0.968. The van der Waals surface area contributed by atoms with Gasteiger partial charge in [-0.15, -0.1) is 0 Å². The lowest BCUT2D eigenvalue weighted by Gasteiger charge is -1.99. The van der Waals surface area contributed by atoms with Crippen molar-refractivity contribution in [2.75, 3.05) is 0 Å². The van der Waals surface area contributed by atoms with E-state index in [1.165, 1.54) is 21.7 Å². The van der Waals surface area contributed by atoms with Gasteiger partial charge in [0.25, 0.3) is 0 Å². The van der Waals surface area contributed by atoms with Crippen molar-refractivity contribution < 1.29 is 4.42 Å². The molecule has 1 aromatic heterocycles. The lowest BCUT2D eigenvalue weighted by atomic mass is 10.0. The minimum atomic E-state index is 0.968. The average Bonchev–Trinajstić information content (AvgIpc) is 2.94. The zero-order valence-corrected chi connectivity index (χ0v) is 12.0. The predicted octanol–water partition coefficient (Wildman–Crippen LogP) is 5.82. The molecular weight excluding hydrogens is 256 g/mol. The molecule has 3 aromatic carbocycles. The first kappa shape index (κ1) is 12.2. The van der Waals surface area contributed by atoms with Gasteiger partial charge in [-0.1, -0.05) is 73.7 Å². The first-order valence-corrected chi connectivity index (χ1v) is 7.37. The van der Waals surface area contributed by atoms with Crippen LogP contribution in [0.2, 0.25) is 0 Å². The summed E-state index contributed by atoms with van der Waals surface area (Å²) in [7, 11) is 0. The Morgan fingerprint density at radius 2 is 1.52 bits per heavy atom. The van der Waals surface area contributed by atoms with Crippen LogP contribution in [0.25, 0.3) is 33.1 Å². The molecule has 0 radical (unpaired) electrons. The van der Waals surface area contributed by atoms with Crippen LogP contribution in [-0.4, -0.2) is 0 Å². The maximum absolute atomic E-state index is 6.29. The maximum atomic E-state index is 6.29. The Labute approximate surface area is 123 Å². The molecule has 0 fully saturated rings. The van der Waals surface area contributed by atoms with Crippen molar-refractivity contribution in [3.05, 3.63) is 72.3 Å². The molecule has 102 valence electrons. The van der Waals surface area contributed by atoms with Gasteiger partial charge in [-0.3, -0.25) is 0 Å². The van der Waals surface area contributed by atoms with E-state index >= 15 is 0 Å². The molecule has 0 bridgehead atoms. The summed E-state index contributed by atoms with van der Waals surface area (Å²) in [5.41, 5.74) is 3.44. The number of hydrogen-bond donors (Lipinski definition) is 0. The summed E-state index contributed by atoms with van der Waals surface area (Å²) in [5, 5.41) is 3.64. The number of fused-ring (bicyclic) bond motifs is 3. The van der Waals surface area contributed by atoms with E-state index in [9.17, 15) is 0 Å². The largest absolute Gasteiger partial charge is 0.455 e. The highest BCUT2D eigenvalue weighted by Crippen LogP contribution is 2.37. The summed E-state index contributed by atoms with van der Waals surface area (Å²) in [6.07, 6.45) is 0.968. The van der Waals surface area contributed by atoms with E-state index < -0.39 is 0 Å². The van der Waals surface area contributed by atoms with Gasteiger partial charge in [-0.2, -0.15) is 0 Å². The fourth-order valence-electron chi connectivity index (χ4n) is 3.05. The fraction of sp³-hybridized carbons (Fsp3) is 0.100. The van der Waals surface area contributed by atoms with E-state index in [1.54, 1.807) is 0 Å². The topological polar surface area (TPSA) is 13.1 Å². The molecule has 0 N–H and O–H groups in total. The lowest BCUT2D eigenvalue weighted by molar-refractivity contribution is 0.630. The van der Waals surface area contributed by atoms with Crippen LogP contribution < -0.4 is 0 Å². The van der Waals surface area contributed by atoms with Gasteiger partial charge in [0.2, 0.25) is 0 Å². The Balaban J connectivity index is 2.11. The predicted molar refractivity (Wildman–Crippen MR) is 88.5 cm³/mol. The molecule has 0 unspecified atom stereocenters. The van der Waals surface area contributed by atoms with Gasteiger partial charge in [0, 0.05) is 21.9 Å². The molecule has 21 heavy (non-hydrogen) atoms. The molecule has 0 aliphatic carbocycles. The zero-order chi connectivity index (χ0) is 14.2. The number of furan rings is 1. The van der Waals surface area contributed by atoms with Crippen LogP contribution in [0.5, 0.6) is 0 Å². The minimum Gasteiger partial charge on any atom is -0.455 e. The molecule has 0 amide bonds. The van der Waals surface area contributed by atoms with Gasteiger partial charge in [0.05, 0.1) is 0 Å². The zero-order valence-electron chi connectivity index (χ0n) is 12.0. The van der Waals surface area contributed by atoms with E-state index in [4.69, 9.17) is 4.42 Å². The van der Waals surface area contributed by atoms with Crippen molar-refractivity contribution in [1.29, 1.82) is 0 Å². The Morgan fingerprint density at radius 1 is 0.762 bits per heavy atom. The standard InChI is InChI=1S/C20H16O/c1-2-16-18-13-12-14-8-6-7-11-17(14)20(18)21-19(16)15-9-4-3-5-10-15/h3-13H,2H2,1H3. The Kier molecular flexibility index (Phi) is 2.78. The Hall–Kier alpha value is -2.54. The van der Waals surface area contributed by atoms with Gasteiger partial charge in [-0.05, 0) is 11.8 Å². The second-order valence-corrected chi connectivity index (χ2v) is 5.29. The molecule has 0 aliphatic heterocycles. The number of aryl methyl sites for hydroxylation is 1. The van der Waals surface area contributed by atoms with Crippen LogP contribution in [-0.2, 0) is 6.42 Å². The summed E-state index contributed by atoms with van der Waals surface area (Å²) in [6, 6.07) is 23.1. The first-order chi connectivity index (χ1) is 10.4. The lowest BCUT2D eigenvalue weighted by Crippen LogP contribution is -1.82. The summed E-state index contributed by atoms with van der Waals surface area (Å²) in [4.78, 5) is 0. The van der Waals surface area contributed by atoms with E-state index in [1.807, 2.05) is 6.07 Å². The van der Waals surface area contributed by atoms with Crippen LogP contribution in [0.4, 0.5) is 0 Å². The molecule has 1 nitrogen and oxygen atoms in total. The van der Waals surface area contributed by atoms with Crippen molar-refractivity contribution in [1.82, 2.24) is 0 Å². The summed E-state index contributed by atoms with van der Waals surface area (Å²) >= 11 is 0. The highest BCUT2D eigenvalue weighted by Gasteiger charge is 2.15. The molecule has 0 saturated carbocycles. The second-order valence-electron chi connectivity index (χ2n) is 5.29. The van der Waals surface area contributed by atoms with Gasteiger partial charge in [0.15, 0.2) is 0 Å². The molecule has 1 heterocycles. The smallest absolute Gasteiger partial charge is 0.142 e. The Morgan fingerprint density at radius 3 is 2.33 bits per heavy atom. The van der Waals surface area contributed by atoms with Gasteiger partial charge >= 0.3 is 0 Å². The molecule has 0 saturated heterocycles. The first-order valence-electron chi connectivity index (χ1n) is 7.37. The van der Waals surface area contributed by atoms with Gasteiger partial charge in [0.1, 0.15) is 11.3 Å². The van der Waals surface area contributed by atoms with Crippen molar-refractivity contribution in [2.45, 2.75) is 13.3 Å². The van der Waals surface area contributed by atoms with Crippen LogP contribution in [0.3, 0.4) is 0 Å². The van der Waals surface area contributed by atoms with Crippen molar-refractivity contribution >= 4 is 21.7 Å². The second kappa shape index (κ2) is 4.78. The molecule has 1 heteroatoms. The third-order valence-electron chi connectivity index (χ3n) is 4.07. The van der Waals surface area contributed by atoms with E-state index in [0.29, 0.717) is 0 Å². The fourth-order valence-corrected chi connectivity index (χ4v) is 3.05. The number of rotatable bonds is 2. The van der Waals surface area contributed by atoms with Crippen molar-refractivity contribution in [3.8, 4) is 11.3 Å².